The molecule has 1 aliphatic rings. The molecule has 0 atom stereocenters. The van der Waals surface area contributed by atoms with Gasteiger partial charge in [-0.25, -0.2) is 8.42 Å². The summed E-state index contributed by atoms with van der Waals surface area (Å²) in [4.78, 5) is 17.0. The lowest BCUT2D eigenvalue weighted by atomic mass is 10.1. The van der Waals surface area contributed by atoms with Gasteiger partial charge >= 0.3 is 0 Å². The topological polar surface area (TPSA) is 79.4 Å². The Kier molecular flexibility index (Phi) is 5.31. The van der Waals surface area contributed by atoms with Gasteiger partial charge in [0.25, 0.3) is 15.9 Å². The molecule has 2 heterocycles. The van der Waals surface area contributed by atoms with Crippen LogP contribution in [0.15, 0.2) is 77.8 Å². The van der Waals surface area contributed by atoms with Crippen molar-refractivity contribution in [2.75, 3.05) is 17.4 Å². The fourth-order valence-corrected chi connectivity index (χ4v) is 4.93. The Bertz CT molecular complexity index is 1120. The van der Waals surface area contributed by atoms with E-state index in [9.17, 15) is 13.2 Å². The molecule has 148 valence electrons. The van der Waals surface area contributed by atoms with E-state index in [1.807, 2.05) is 24.3 Å². The Morgan fingerprint density at radius 2 is 1.83 bits per heavy atom. The maximum atomic E-state index is 13.0. The van der Waals surface area contributed by atoms with Gasteiger partial charge in [-0.05, 0) is 48.4 Å². The van der Waals surface area contributed by atoms with Gasteiger partial charge < -0.3 is 5.32 Å². The van der Waals surface area contributed by atoms with Crippen LogP contribution in [0.25, 0.3) is 0 Å². The molecule has 29 heavy (non-hydrogen) atoms. The molecular formula is C22H21N3O3S. The Balaban J connectivity index is 1.51. The highest BCUT2D eigenvalue weighted by Gasteiger charge is 2.31. The highest BCUT2D eigenvalue weighted by atomic mass is 32.2. The fourth-order valence-electron chi connectivity index (χ4n) is 3.41. The first-order valence-corrected chi connectivity index (χ1v) is 10.9. The number of nitrogens with zero attached hydrogens (tertiary/aromatic N) is 2. The average Bonchev–Trinajstić information content (AvgIpc) is 3.19. The number of anilines is 1. The number of pyridine rings is 1. The Morgan fingerprint density at radius 1 is 1.03 bits per heavy atom. The van der Waals surface area contributed by atoms with Crippen LogP contribution in [0.2, 0.25) is 0 Å². The average molecular weight is 407 g/mol. The molecule has 0 bridgehead atoms. The van der Waals surface area contributed by atoms with E-state index in [4.69, 9.17) is 0 Å². The van der Waals surface area contributed by atoms with E-state index in [2.05, 4.69) is 10.3 Å². The highest BCUT2D eigenvalue weighted by Crippen LogP contribution is 2.33. The lowest BCUT2D eigenvalue weighted by molar-refractivity contribution is 0.0954. The van der Waals surface area contributed by atoms with Crippen LogP contribution >= 0.6 is 0 Å². The number of carbonyl (C=O) groups excluding carboxylic acids is 1. The minimum atomic E-state index is -3.65. The summed E-state index contributed by atoms with van der Waals surface area (Å²) in [6.07, 6.45) is 2.98. The molecule has 4 rings (SSSR count). The normalized spacial score (nSPS) is 13.2. The largest absolute Gasteiger partial charge is 0.352 e. The molecule has 0 saturated carbocycles. The lowest BCUT2D eigenvalue weighted by Gasteiger charge is -2.20. The van der Waals surface area contributed by atoms with Gasteiger partial charge in [-0.2, -0.15) is 0 Å². The molecule has 1 aliphatic heterocycles. The summed E-state index contributed by atoms with van der Waals surface area (Å²) >= 11 is 0. The summed E-state index contributed by atoms with van der Waals surface area (Å²) < 4.78 is 27.4. The van der Waals surface area contributed by atoms with Crippen molar-refractivity contribution in [1.29, 1.82) is 0 Å². The predicted molar refractivity (Wildman–Crippen MR) is 111 cm³/mol. The van der Waals surface area contributed by atoms with Crippen molar-refractivity contribution in [2.24, 2.45) is 0 Å². The third kappa shape index (κ3) is 4.00. The summed E-state index contributed by atoms with van der Waals surface area (Å²) in [6, 6.07) is 19.3. The van der Waals surface area contributed by atoms with Crippen LogP contribution in [0.5, 0.6) is 0 Å². The molecule has 0 saturated heterocycles. The summed E-state index contributed by atoms with van der Waals surface area (Å²) in [7, 11) is -3.65. The molecule has 0 spiro atoms. The van der Waals surface area contributed by atoms with E-state index in [1.54, 1.807) is 48.7 Å². The minimum absolute atomic E-state index is 0.229. The zero-order valence-corrected chi connectivity index (χ0v) is 16.6. The molecule has 1 amide bonds. The third-order valence-corrected chi connectivity index (χ3v) is 6.75. The van der Waals surface area contributed by atoms with E-state index in [1.165, 1.54) is 4.31 Å². The van der Waals surface area contributed by atoms with Crippen molar-refractivity contribution in [2.45, 2.75) is 17.7 Å². The van der Waals surface area contributed by atoms with Crippen molar-refractivity contribution < 1.29 is 13.2 Å². The monoisotopic (exact) mass is 407 g/mol. The molecular weight excluding hydrogens is 386 g/mol. The summed E-state index contributed by atoms with van der Waals surface area (Å²) in [5.74, 6) is -0.229. The number of hydrogen-bond donors (Lipinski definition) is 1. The predicted octanol–water partition coefficient (Wildman–Crippen LogP) is 2.81. The van der Waals surface area contributed by atoms with Gasteiger partial charge in [0.15, 0.2) is 0 Å². The van der Waals surface area contributed by atoms with Crippen LogP contribution in [0, 0.1) is 0 Å². The Hall–Kier alpha value is -3.19. The summed E-state index contributed by atoms with van der Waals surface area (Å²) in [6.45, 7) is 0.830. The number of amides is 1. The van der Waals surface area contributed by atoms with Crippen LogP contribution in [0.4, 0.5) is 5.69 Å². The molecule has 0 fully saturated rings. The number of sulfonamides is 1. The first kappa shape index (κ1) is 19.1. The number of nitrogens with one attached hydrogen (secondary N) is 1. The molecule has 0 aliphatic carbocycles. The highest BCUT2D eigenvalue weighted by molar-refractivity contribution is 7.92. The van der Waals surface area contributed by atoms with Gasteiger partial charge in [-0.3, -0.25) is 14.1 Å². The number of fused-ring (bicyclic) bond motifs is 1. The van der Waals surface area contributed by atoms with E-state index in [0.29, 0.717) is 37.2 Å². The van der Waals surface area contributed by atoms with Gasteiger partial charge in [-0.15, -0.1) is 0 Å². The summed E-state index contributed by atoms with van der Waals surface area (Å²) in [5.41, 5.74) is 2.85. The molecule has 2 aromatic carbocycles. The van der Waals surface area contributed by atoms with Gasteiger partial charge in [-0.1, -0.05) is 30.3 Å². The maximum absolute atomic E-state index is 13.0. The molecule has 6 nitrogen and oxygen atoms in total. The maximum Gasteiger partial charge on any atom is 0.264 e. The first-order valence-electron chi connectivity index (χ1n) is 9.44. The van der Waals surface area contributed by atoms with Crippen LogP contribution in [0.1, 0.15) is 21.6 Å². The van der Waals surface area contributed by atoms with E-state index >= 15 is 0 Å². The molecule has 7 heteroatoms. The standard InChI is InChI=1S/C22H21N3O3S/c26-22(24-14-11-19-6-4-5-13-23-19)18-10-9-17-12-15-25(21(17)16-18)29(27,28)20-7-2-1-3-8-20/h1-10,13,16H,11-12,14-15H2,(H,24,26). The molecule has 1 N–H and O–H groups in total. The second-order valence-corrected chi connectivity index (χ2v) is 8.67. The van der Waals surface area contributed by atoms with Crippen molar-refractivity contribution in [3.8, 4) is 0 Å². The van der Waals surface area contributed by atoms with E-state index < -0.39 is 10.0 Å². The Morgan fingerprint density at radius 3 is 2.59 bits per heavy atom. The van der Waals surface area contributed by atoms with Gasteiger partial charge in [0.2, 0.25) is 0 Å². The van der Waals surface area contributed by atoms with Crippen molar-refractivity contribution in [1.82, 2.24) is 10.3 Å². The lowest BCUT2D eigenvalue weighted by Crippen LogP contribution is -2.29. The quantitative estimate of drug-likeness (QED) is 0.681. The van der Waals surface area contributed by atoms with E-state index in [0.717, 1.165) is 11.3 Å². The molecule has 0 radical (unpaired) electrons. The number of carbonyl (C=O) groups is 1. The number of hydrogen-bond acceptors (Lipinski definition) is 4. The summed E-state index contributed by atoms with van der Waals surface area (Å²) in [5, 5.41) is 2.88. The van der Waals surface area contributed by atoms with Crippen LogP contribution in [0.3, 0.4) is 0 Å². The minimum Gasteiger partial charge on any atom is -0.352 e. The Labute approximate surface area is 170 Å². The van der Waals surface area contributed by atoms with Gasteiger partial charge in [0.05, 0.1) is 10.6 Å². The number of rotatable bonds is 6. The fraction of sp³-hybridized carbons (Fsp3) is 0.182. The molecule has 0 unspecified atom stereocenters. The van der Waals surface area contributed by atoms with Crippen LogP contribution in [-0.4, -0.2) is 32.4 Å². The van der Waals surface area contributed by atoms with E-state index in [-0.39, 0.29) is 10.8 Å². The number of benzene rings is 2. The smallest absolute Gasteiger partial charge is 0.264 e. The second kappa shape index (κ2) is 8.05. The zero-order chi connectivity index (χ0) is 20.3. The third-order valence-electron chi connectivity index (χ3n) is 4.92. The second-order valence-electron chi connectivity index (χ2n) is 6.81. The molecule has 1 aromatic heterocycles. The number of aromatic nitrogens is 1. The van der Waals surface area contributed by atoms with Crippen molar-refractivity contribution >= 4 is 21.6 Å². The zero-order valence-electron chi connectivity index (χ0n) is 15.8. The van der Waals surface area contributed by atoms with Crippen LogP contribution < -0.4 is 9.62 Å². The van der Waals surface area contributed by atoms with Crippen molar-refractivity contribution in [3.05, 3.63) is 89.7 Å². The SMILES string of the molecule is O=C(NCCc1ccccn1)c1ccc2c(c1)N(S(=O)(=O)c1ccccc1)CC2. The van der Waals surface area contributed by atoms with Gasteiger partial charge in [0, 0.05) is 37.0 Å². The first-order chi connectivity index (χ1) is 14.1. The van der Waals surface area contributed by atoms with Crippen LogP contribution in [-0.2, 0) is 22.9 Å². The molecule has 3 aromatic rings. The van der Waals surface area contributed by atoms with Gasteiger partial charge in [0.1, 0.15) is 0 Å². The van der Waals surface area contributed by atoms with Crippen molar-refractivity contribution in [3.63, 3.8) is 0 Å².